The van der Waals surface area contributed by atoms with Crippen LogP contribution in [-0.4, -0.2) is 15.9 Å². The lowest BCUT2D eigenvalue weighted by molar-refractivity contribution is -0.136. The van der Waals surface area contributed by atoms with E-state index in [0.29, 0.717) is 33.1 Å². The van der Waals surface area contributed by atoms with E-state index in [-0.39, 0.29) is 27.4 Å². The van der Waals surface area contributed by atoms with E-state index < -0.39 is 11.7 Å². The molecule has 5 aromatic rings. The predicted octanol–water partition coefficient (Wildman–Crippen LogP) is 8.19. The minimum Gasteiger partial charge on any atom is -0.376 e. The smallest absolute Gasteiger partial charge is 0.376 e. The van der Waals surface area contributed by atoms with Crippen molar-refractivity contribution in [3.05, 3.63) is 125 Å². The number of benzene rings is 4. The number of rotatable bonds is 5. The van der Waals surface area contributed by atoms with Crippen LogP contribution in [0.4, 0.5) is 24.5 Å². The zero-order valence-electron chi connectivity index (χ0n) is 20.1. The quantitative estimate of drug-likeness (QED) is 0.173. The van der Waals surface area contributed by atoms with E-state index in [2.05, 4.69) is 4.98 Å². The number of carbonyl (C=O) groups excluding carboxylic acids is 1. The number of fused-ring (bicyclic) bond motifs is 1. The Labute approximate surface area is 232 Å². The number of ketones is 1. The highest BCUT2D eigenvalue weighted by atomic mass is 35.5. The highest BCUT2D eigenvalue weighted by molar-refractivity contribution is 7.80. The summed E-state index contributed by atoms with van der Waals surface area (Å²) in [6.45, 7) is 0. The highest BCUT2D eigenvalue weighted by Gasteiger charge is 2.34. The van der Waals surface area contributed by atoms with Crippen LogP contribution in [0.15, 0.2) is 103 Å². The fourth-order valence-corrected chi connectivity index (χ4v) is 4.92. The lowest BCUT2D eigenvalue weighted by atomic mass is 9.91. The second-order valence-electron chi connectivity index (χ2n) is 8.62. The first-order valence-corrected chi connectivity index (χ1v) is 12.5. The van der Waals surface area contributed by atoms with Crippen molar-refractivity contribution in [1.82, 2.24) is 4.98 Å². The third-order valence-electron chi connectivity index (χ3n) is 6.19. The van der Waals surface area contributed by atoms with Gasteiger partial charge in [0.1, 0.15) is 0 Å². The van der Waals surface area contributed by atoms with Crippen molar-refractivity contribution in [2.24, 2.45) is 5.73 Å². The topological polar surface area (TPSA) is 59.2 Å². The van der Waals surface area contributed by atoms with E-state index in [1.54, 1.807) is 83.8 Å². The zero-order chi connectivity index (χ0) is 27.7. The normalized spacial score (nSPS) is 11.4. The van der Waals surface area contributed by atoms with Crippen molar-refractivity contribution in [3.63, 3.8) is 0 Å². The van der Waals surface area contributed by atoms with Crippen molar-refractivity contribution < 1.29 is 18.0 Å². The lowest BCUT2D eigenvalue weighted by Crippen LogP contribution is -2.31. The molecule has 5 rings (SSSR count). The number of hydrogen-bond acceptors (Lipinski definition) is 3. The standard InChI is InChI=1S/C30H19ClF3N3OS/c31-24-14-4-5-15-25(24)37(29(35)39)20-11-6-10-19(16-20)26-21-12-7-13-23(30(32,33)34)27(21)36-17-22(26)28(38)18-8-2-1-3-9-18/h1-17H,(H2,35,39). The summed E-state index contributed by atoms with van der Waals surface area (Å²) in [6.07, 6.45) is -3.43. The molecule has 194 valence electrons. The summed E-state index contributed by atoms with van der Waals surface area (Å²) in [5.41, 5.74) is 7.30. The van der Waals surface area contributed by atoms with E-state index in [4.69, 9.17) is 29.6 Å². The Balaban J connectivity index is 1.79. The Morgan fingerprint density at radius 1 is 0.897 bits per heavy atom. The first-order chi connectivity index (χ1) is 18.7. The number of para-hydroxylation sites is 2. The van der Waals surface area contributed by atoms with Gasteiger partial charge in [0.15, 0.2) is 10.9 Å². The van der Waals surface area contributed by atoms with Crippen LogP contribution in [-0.2, 0) is 6.18 Å². The van der Waals surface area contributed by atoms with Crippen molar-refractivity contribution in [2.45, 2.75) is 6.18 Å². The average Bonchev–Trinajstić information content (AvgIpc) is 2.93. The molecule has 0 radical (unpaired) electrons. The van der Waals surface area contributed by atoms with Crippen LogP contribution in [0.2, 0.25) is 5.02 Å². The second kappa shape index (κ2) is 10.5. The molecule has 2 N–H and O–H groups in total. The largest absolute Gasteiger partial charge is 0.418 e. The van der Waals surface area contributed by atoms with Crippen molar-refractivity contribution in [3.8, 4) is 11.1 Å². The molecule has 4 nitrogen and oxygen atoms in total. The fourth-order valence-electron chi connectivity index (χ4n) is 4.50. The molecule has 0 spiro atoms. The molecule has 1 aromatic heterocycles. The molecule has 0 aliphatic carbocycles. The maximum Gasteiger partial charge on any atom is 0.418 e. The predicted molar refractivity (Wildman–Crippen MR) is 152 cm³/mol. The van der Waals surface area contributed by atoms with Gasteiger partial charge < -0.3 is 5.73 Å². The van der Waals surface area contributed by atoms with Crippen LogP contribution in [0.25, 0.3) is 22.0 Å². The highest BCUT2D eigenvalue weighted by Crippen LogP contribution is 2.40. The third-order valence-corrected chi connectivity index (χ3v) is 6.69. The molecule has 0 fully saturated rings. The minimum atomic E-state index is -4.64. The van der Waals surface area contributed by atoms with Gasteiger partial charge >= 0.3 is 6.18 Å². The summed E-state index contributed by atoms with van der Waals surface area (Å²) in [4.78, 5) is 19.3. The number of pyridine rings is 1. The number of halogens is 4. The van der Waals surface area contributed by atoms with Gasteiger partial charge in [0.05, 0.1) is 21.8 Å². The Bertz CT molecular complexity index is 1720. The number of anilines is 2. The summed E-state index contributed by atoms with van der Waals surface area (Å²) in [5, 5.41) is 0.600. The Hall–Kier alpha value is -4.27. The van der Waals surface area contributed by atoms with Crippen molar-refractivity contribution in [1.29, 1.82) is 0 Å². The number of thiocarbonyl (C=S) groups is 1. The molecule has 0 saturated carbocycles. The van der Waals surface area contributed by atoms with E-state index in [1.807, 2.05) is 0 Å². The number of hydrogen-bond donors (Lipinski definition) is 1. The minimum absolute atomic E-state index is 0.0137. The van der Waals surface area contributed by atoms with Gasteiger partial charge in [0, 0.05) is 34.0 Å². The van der Waals surface area contributed by atoms with Crippen LogP contribution >= 0.6 is 23.8 Å². The monoisotopic (exact) mass is 561 g/mol. The van der Waals surface area contributed by atoms with Crippen LogP contribution in [0.1, 0.15) is 21.5 Å². The SMILES string of the molecule is NC(=S)N(c1cccc(-c2c(C(=O)c3ccccc3)cnc3c(C(F)(F)F)cccc23)c1)c1ccccc1Cl. The van der Waals surface area contributed by atoms with E-state index in [9.17, 15) is 18.0 Å². The molecule has 0 atom stereocenters. The first-order valence-electron chi connectivity index (χ1n) is 11.7. The number of aromatic nitrogens is 1. The maximum atomic E-state index is 13.9. The Morgan fingerprint density at radius 2 is 1.59 bits per heavy atom. The van der Waals surface area contributed by atoms with Gasteiger partial charge in [0.25, 0.3) is 0 Å². The molecular weight excluding hydrogens is 543 g/mol. The Kier molecular flexibility index (Phi) is 7.08. The average molecular weight is 562 g/mol. The molecule has 0 bridgehead atoms. The Morgan fingerprint density at radius 3 is 2.28 bits per heavy atom. The van der Waals surface area contributed by atoms with Crippen molar-refractivity contribution in [2.75, 3.05) is 4.90 Å². The summed E-state index contributed by atoms with van der Waals surface area (Å²) < 4.78 is 41.7. The molecule has 0 aliphatic rings. The maximum absolute atomic E-state index is 13.9. The van der Waals surface area contributed by atoms with Gasteiger partial charge in [-0.15, -0.1) is 0 Å². The van der Waals surface area contributed by atoms with E-state index >= 15 is 0 Å². The van der Waals surface area contributed by atoms with Gasteiger partial charge in [0.2, 0.25) is 0 Å². The molecule has 39 heavy (non-hydrogen) atoms. The van der Waals surface area contributed by atoms with Crippen LogP contribution in [0.3, 0.4) is 0 Å². The fraction of sp³-hybridized carbons (Fsp3) is 0.0333. The molecule has 0 saturated heterocycles. The molecular formula is C30H19ClF3N3OS. The molecule has 0 aliphatic heterocycles. The number of alkyl halides is 3. The number of nitrogens with zero attached hydrogens (tertiary/aromatic N) is 2. The van der Waals surface area contributed by atoms with E-state index in [1.165, 1.54) is 18.3 Å². The first kappa shape index (κ1) is 26.3. The van der Waals surface area contributed by atoms with Crippen LogP contribution < -0.4 is 10.6 Å². The van der Waals surface area contributed by atoms with Gasteiger partial charge in [-0.25, -0.2) is 0 Å². The summed E-state index contributed by atoms with van der Waals surface area (Å²) in [7, 11) is 0. The van der Waals surface area contributed by atoms with Gasteiger partial charge in [-0.05, 0) is 48.1 Å². The molecule has 0 unspecified atom stereocenters. The van der Waals surface area contributed by atoms with Gasteiger partial charge in [-0.1, -0.05) is 78.3 Å². The third kappa shape index (κ3) is 5.08. The van der Waals surface area contributed by atoms with Crippen molar-refractivity contribution >= 4 is 57.0 Å². The van der Waals surface area contributed by atoms with E-state index in [0.717, 1.165) is 6.07 Å². The molecule has 0 amide bonds. The van der Waals surface area contributed by atoms with Gasteiger partial charge in [-0.2, -0.15) is 13.2 Å². The lowest BCUT2D eigenvalue weighted by Gasteiger charge is -2.25. The summed E-state index contributed by atoms with van der Waals surface area (Å²) >= 11 is 11.7. The number of carbonyl (C=O) groups is 1. The molecule has 4 aromatic carbocycles. The van der Waals surface area contributed by atoms with Gasteiger partial charge in [-0.3, -0.25) is 14.7 Å². The second-order valence-corrected chi connectivity index (χ2v) is 9.44. The van der Waals surface area contributed by atoms with Crippen LogP contribution in [0, 0.1) is 0 Å². The van der Waals surface area contributed by atoms with Crippen LogP contribution in [0.5, 0.6) is 0 Å². The summed E-state index contributed by atoms with van der Waals surface area (Å²) in [6, 6.07) is 26.2. The number of nitrogens with two attached hydrogens (primary N) is 1. The summed E-state index contributed by atoms with van der Waals surface area (Å²) in [5.74, 6) is -0.375. The zero-order valence-corrected chi connectivity index (χ0v) is 21.7. The molecule has 1 heterocycles. The molecule has 9 heteroatoms.